The Morgan fingerprint density at radius 2 is 1.23 bits per heavy atom. The molecule has 2 heteroatoms. The van der Waals surface area contributed by atoms with Gasteiger partial charge in [-0.1, -0.05) is 82.0 Å². The van der Waals surface area contributed by atoms with Gasteiger partial charge >= 0.3 is 0 Å². The van der Waals surface area contributed by atoms with Gasteiger partial charge in [0.05, 0.1) is 16.9 Å². The fourth-order valence-electron chi connectivity index (χ4n) is 8.47. The van der Waals surface area contributed by atoms with Crippen LogP contribution in [0.3, 0.4) is 0 Å². The highest BCUT2D eigenvalue weighted by Gasteiger charge is 2.33. The molecule has 2 aliphatic rings. The fourth-order valence-corrected chi connectivity index (χ4v) is 8.47. The van der Waals surface area contributed by atoms with Crippen molar-refractivity contribution in [2.45, 2.75) is 98.8 Å². The van der Waals surface area contributed by atoms with Crippen molar-refractivity contribution in [3.8, 4) is 11.3 Å². The van der Waals surface area contributed by atoms with Crippen molar-refractivity contribution < 1.29 is 0 Å². The molecule has 3 aromatic carbocycles. The topological polar surface area (TPSA) is 17.3 Å². The van der Waals surface area contributed by atoms with Crippen LogP contribution in [0.5, 0.6) is 0 Å². The molecular formula is C38H44N2. The number of rotatable bonds is 5. The van der Waals surface area contributed by atoms with Gasteiger partial charge in [-0.05, 0) is 110 Å². The molecule has 2 fully saturated rings. The van der Waals surface area contributed by atoms with Crippen molar-refractivity contribution in [2.24, 2.45) is 10.8 Å². The van der Waals surface area contributed by atoms with E-state index < -0.39 is 0 Å². The molecule has 7 rings (SSSR count). The minimum atomic E-state index is 0.412. The van der Waals surface area contributed by atoms with E-state index in [4.69, 9.17) is 4.98 Å². The lowest BCUT2D eigenvalue weighted by molar-refractivity contribution is 0.320. The number of hydrogen-bond acceptors (Lipinski definition) is 1. The van der Waals surface area contributed by atoms with Crippen LogP contribution in [-0.4, -0.2) is 9.38 Å². The Kier molecular flexibility index (Phi) is 6.11. The zero-order valence-corrected chi connectivity index (χ0v) is 25.2. The molecule has 0 saturated heterocycles. The molecule has 0 spiro atoms. The predicted octanol–water partition coefficient (Wildman–Crippen LogP) is 10.5. The van der Waals surface area contributed by atoms with Crippen LogP contribution in [0.2, 0.25) is 0 Å². The summed E-state index contributed by atoms with van der Waals surface area (Å²) in [6.07, 6.45) is 13.3. The van der Waals surface area contributed by atoms with Crippen molar-refractivity contribution in [2.75, 3.05) is 0 Å². The Labute approximate surface area is 239 Å². The van der Waals surface area contributed by atoms with Gasteiger partial charge in [-0.2, -0.15) is 0 Å². The summed E-state index contributed by atoms with van der Waals surface area (Å²) in [5.41, 5.74) is 12.8. The minimum absolute atomic E-state index is 0.412. The van der Waals surface area contributed by atoms with Crippen LogP contribution in [0.4, 0.5) is 0 Å². The van der Waals surface area contributed by atoms with Crippen LogP contribution in [0, 0.1) is 31.6 Å². The summed E-state index contributed by atoms with van der Waals surface area (Å²) in [7, 11) is 0. The number of aryl methyl sites for hydroxylation is 3. The van der Waals surface area contributed by atoms with Gasteiger partial charge in [0.2, 0.25) is 0 Å². The van der Waals surface area contributed by atoms with E-state index >= 15 is 0 Å². The second-order valence-corrected chi connectivity index (χ2v) is 14.0. The van der Waals surface area contributed by atoms with Gasteiger partial charge < -0.3 is 0 Å². The Hall–Kier alpha value is -3.13. The lowest BCUT2D eigenvalue weighted by atomic mass is 9.76. The average molecular weight is 529 g/mol. The molecular weight excluding hydrogens is 484 g/mol. The van der Waals surface area contributed by atoms with Crippen molar-refractivity contribution >= 4 is 27.3 Å². The van der Waals surface area contributed by atoms with E-state index in [1.54, 1.807) is 11.1 Å². The van der Waals surface area contributed by atoms with Crippen LogP contribution in [0.1, 0.15) is 93.2 Å². The lowest BCUT2D eigenvalue weighted by Gasteiger charge is -2.29. The van der Waals surface area contributed by atoms with Crippen molar-refractivity contribution in [1.82, 2.24) is 9.38 Å². The molecule has 2 aliphatic carbocycles. The molecule has 0 radical (unpaired) electrons. The maximum atomic E-state index is 5.28. The van der Waals surface area contributed by atoms with Crippen LogP contribution in [-0.2, 0) is 12.8 Å². The van der Waals surface area contributed by atoms with E-state index in [1.807, 2.05) is 0 Å². The molecule has 2 aromatic heterocycles. The summed E-state index contributed by atoms with van der Waals surface area (Å²) in [4.78, 5) is 5.28. The van der Waals surface area contributed by atoms with Gasteiger partial charge in [0.25, 0.3) is 0 Å². The number of imidazole rings is 1. The number of pyridine rings is 1. The van der Waals surface area contributed by atoms with E-state index in [1.165, 1.54) is 108 Å². The van der Waals surface area contributed by atoms with E-state index in [9.17, 15) is 0 Å². The maximum Gasteiger partial charge on any atom is 0.145 e. The maximum absolute atomic E-state index is 5.28. The number of nitrogens with zero attached hydrogens (tertiary/aromatic N) is 2. The second-order valence-electron chi connectivity index (χ2n) is 14.0. The first-order chi connectivity index (χ1) is 19.3. The first kappa shape index (κ1) is 25.8. The molecule has 40 heavy (non-hydrogen) atoms. The predicted molar refractivity (Wildman–Crippen MR) is 170 cm³/mol. The van der Waals surface area contributed by atoms with Crippen molar-refractivity contribution in [3.05, 3.63) is 82.5 Å². The molecule has 0 atom stereocenters. The molecule has 0 aliphatic heterocycles. The molecule has 0 bridgehead atoms. The lowest BCUT2D eigenvalue weighted by Crippen LogP contribution is -2.20. The number of benzene rings is 3. The highest BCUT2D eigenvalue weighted by atomic mass is 15.0. The van der Waals surface area contributed by atoms with Gasteiger partial charge in [0, 0.05) is 16.3 Å². The molecule has 206 valence electrons. The summed E-state index contributed by atoms with van der Waals surface area (Å²) in [5.74, 6) is 0. The summed E-state index contributed by atoms with van der Waals surface area (Å²) in [5, 5.41) is 3.97. The highest BCUT2D eigenvalue weighted by molar-refractivity contribution is 6.13. The number of hydrogen-bond donors (Lipinski definition) is 0. The molecule has 0 unspecified atom stereocenters. The smallest absolute Gasteiger partial charge is 0.145 e. The van der Waals surface area contributed by atoms with Gasteiger partial charge in [-0.3, -0.25) is 4.40 Å². The number of aromatic nitrogens is 2. The standard InChI is InChI=1S/C38H44N2/c1-25-13-12-14-26(2)34(25)35-27(3)39-36-31-16-7-6-15-30(31)32-21-28(23-37(4)17-8-9-18-37)29(22-33(32)40(35)36)24-38(5)19-10-11-20-38/h6-7,12-16,21-22H,8-11,17-20,23-24H2,1-5H3. The molecule has 5 aromatic rings. The molecule has 2 heterocycles. The van der Waals surface area contributed by atoms with E-state index in [0.29, 0.717) is 10.8 Å². The van der Waals surface area contributed by atoms with Gasteiger partial charge in [0.1, 0.15) is 5.65 Å². The second kappa shape index (κ2) is 9.47. The number of fused-ring (bicyclic) bond motifs is 6. The SMILES string of the molecule is Cc1cccc(C)c1-c1c(C)nc2c3ccccc3c3cc(CC4(C)CCCC4)c(CC4(C)CCCC4)cc3n12. The third kappa shape index (κ3) is 4.18. The Bertz CT molecular complexity index is 1740. The van der Waals surface area contributed by atoms with E-state index in [0.717, 1.165) is 11.3 Å². The minimum Gasteiger partial charge on any atom is -0.291 e. The largest absolute Gasteiger partial charge is 0.291 e. The van der Waals surface area contributed by atoms with Crippen LogP contribution < -0.4 is 0 Å². The molecule has 0 N–H and O–H groups in total. The average Bonchev–Trinajstić information content (AvgIpc) is 3.64. The van der Waals surface area contributed by atoms with Gasteiger partial charge in [-0.15, -0.1) is 0 Å². The van der Waals surface area contributed by atoms with Crippen molar-refractivity contribution in [1.29, 1.82) is 0 Å². The Morgan fingerprint density at radius 1 is 0.675 bits per heavy atom. The van der Waals surface area contributed by atoms with Crippen LogP contribution in [0.15, 0.2) is 54.6 Å². The van der Waals surface area contributed by atoms with E-state index in [2.05, 4.69) is 93.6 Å². The Morgan fingerprint density at radius 3 is 1.82 bits per heavy atom. The zero-order valence-electron chi connectivity index (χ0n) is 25.2. The summed E-state index contributed by atoms with van der Waals surface area (Å²) in [6, 6.07) is 20.8. The summed E-state index contributed by atoms with van der Waals surface area (Å²) in [6.45, 7) is 11.8. The third-order valence-corrected chi connectivity index (χ3v) is 10.6. The van der Waals surface area contributed by atoms with Gasteiger partial charge in [0.15, 0.2) is 0 Å². The molecule has 2 saturated carbocycles. The Balaban J connectivity index is 1.58. The molecule has 0 amide bonds. The summed E-state index contributed by atoms with van der Waals surface area (Å²) < 4.78 is 2.52. The quantitative estimate of drug-likeness (QED) is 0.207. The van der Waals surface area contributed by atoms with Crippen molar-refractivity contribution in [3.63, 3.8) is 0 Å². The first-order valence-electron chi connectivity index (χ1n) is 15.7. The zero-order chi connectivity index (χ0) is 27.6. The first-order valence-corrected chi connectivity index (χ1v) is 15.7. The third-order valence-electron chi connectivity index (χ3n) is 10.6. The van der Waals surface area contributed by atoms with Crippen LogP contribution in [0.25, 0.3) is 38.6 Å². The normalized spacial score (nSPS) is 18.4. The summed E-state index contributed by atoms with van der Waals surface area (Å²) >= 11 is 0. The monoisotopic (exact) mass is 528 g/mol. The molecule has 2 nitrogen and oxygen atoms in total. The fraction of sp³-hybridized carbons (Fsp3) is 0.447. The highest BCUT2D eigenvalue weighted by Crippen LogP contribution is 2.46. The van der Waals surface area contributed by atoms with Crippen LogP contribution >= 0.6 is 0 Å². The van der Waals surface area contributed by atoms with Gasteiger partial charge in [-0.25, -0.2) is 4.98 Å². The van der Waals surface area contributed by atoms with E-state index in [-0.39, 0.29) is 0 Å².